The molecule has 0 aliphatic rings. The number of benzene rings is 2. The number of carbonyl (C=O) groups is 1. The first-order valence-corrected chi connectivity index (χ1v) is 10.0. The van der Waals surface area contributed by atoms with Crippen molar-refractivity contribution in [2.75, 3.05) is 17.1 Å². The minimum Gasteiger partial charge on any atom is -0.619 e. The predicted octanol–water partition coefficient (Wildman–Crippen LogP) is 2.69. The standard InChI is InChI=1S/C20H19N3O5S/c1-14-3-4-17(21-20(24)15-9-11-23(25)12-10-15)13-19(14)29(26,27)22-16-5-7-18(28-2)8-6-16/h3-13,22H,1-2H3,(H,21,24). The Kier molecular flexibility index (Phi) is 5.69. The molecule has 3 rings (SSSR count). The van der Waals surface area contributed by atoms with E-state index in [0.717, 1.165) is 0 Å². The van der Waals surface area contributed by atoms with Gasteiger partial charge in [-0.3, -0.25) is 9.52 Å². The average Bonchev–Trinajstić information content (AvgIpc) is 2.70. The Hall–Kier alpha value is -3.59. The molecule has 1 amide bonds. The molecule has 2 aromatic carbocycles. The zero-order chi connectivity index (χ0) is 21.0. The number of nitrogens with one attached hydrogen (secondary N) is 2. The van der Waals surface area contributed by atoms with Crippen LogP contribution in [0.2, 0.25) is 0 Å². The minimum atomic E-state index is -3.88. The van der Waals surface area contributed by atoms with Crippen molar-refractivity contribution in [2.45, 2.75) is 11.8 Å². The molecule has 0 fully saturated rings. The molecule has 0 bridgehead atoms. The Labute approximate surface area is 168 Å². The minimum absolute atomic E-state index is 0.0385. The van der Waals surface area contributed by atoms with Crippen molar-refractivity contribution in [3.63, 3.8) is 0 Å². The highest BCUT2D eigenvalue weighted by Gasteiger charge is 2.18. The maximum absolute atomic E-state index is 12.8. The summed E-state index contributed by atoms with van der Waals surface area (Å²) in [7, 11) is -2.35. The molecule has 0 unspecified atom stereocenters. The molecule has 1 heterocycles. The molecule has 0 radical (unpaired) electrons. The Bertz CT molecular complexity index is 1130. The van der Waals surface area contributed by atoms with Gasteiger partial charge in [0.25, 0.3) is 15.9 Å². The maximum atomic E-state index is 12.8. The first-order valence-electron chi connectivity index (χ1n) is 8.56. The van der Waals surface area contributed by atoms with Crippen molar-refractivity contribution in [3.05, 3.63) is 83.3 Å². The SMILES string of the molecule is COc1ccc(NS(=O)(=O)c2cc(NC(=O)c3cc[n+]([O-])cc3)ccc2C)cc1. The summed E-state index contributed by atoms with van der Waals surface area (Å²) in [6.45, 7) is 1.67. The topological polar surface area (TPSA) is 111 Å². The highest BCUT2D eigenvalue weighted by molar-refractivity contribution is 7.92. The summed E-state index contributed by atoms with van der Waals surface area (Å²) >= 11 is 0. The van der Waals surface area contributed by atoms with Gasteiger partial charge in [-0.25, -0.2) is 8.42 Å². The molecule has 0 aliphatic heterocycles. The zero-order valence-corrected chi connectivity index (χ0v) is 16.6. The summed E-state index contributed by atoms with van der Waals surface area (Å²) in [5.74, 6) is 0.151. The van der Waals surface area contributed by atoms with Crippen LogP contribution in [-0.4, -0.2) is 21.4 Å². The van der Waals surface area contributed by atoms with Gasteiger partial charge < -0.3 is 15.3 Å². The lowest BCUT2D eigenvalue weighted by Crippen LogP contribution is -2.25. The summed E-state index contributed by atoms with van der Waals surface area (Å²) in [4.78, 5) is 12.4. The number of amides is 1. The van der Waals surface area contributed by atoms with Crippen LogP contribution in [0.25, 0.3) is 0 Å². The van der Waals surface area contributed by atoms with E-state index in [9.17, 15) is 18.4 Å². The molecule has 2 N–H and O–H groups in total. The molecule has 29 heavy (non-hydrogen) atoms. The van der Waals surface area contributed by atoms with Gasteiger partial charge in [-0.15, -0.1) is 0 Å². The van der Waals surface area contributed by atoms with Crippen molar-refractivity contribution >= 4 is 27.3 Å². The van der Waals surface area contributed by atoms with Crippen molar-refractivity contribution < 1.29 is 22.7 Å². The summed E-state index contributed by atoms with van der Waals surface area (Å²) in [5.41, 5.74) is 1.50. The van der Waals surface area contributed by atoms with Crippen LogP contribution in [0.15, 0.2) is 71.9 Å². The Morgan fingerprint density at radius 3 is 2.24 bits per heavy atom. The predicted molar refractivity (Wildman–Crippen MR) is 108 cm³/mol. The third-order valence-corrected chi connectivity index (χ3v) is 5.67. The van der Waals surface area contributed by atoms with E-state index in [2.05, 4.69) is 10.0 Å². The van der Waals surface area contributed by atoms with Gasteiger partial charge in [0.15, 0.2) is 12.4 Å². The first kappa shape index (κ1) is 20.2. The van der Waals surface area contributed by atoms with Crippen molar-refractivity contribution in [3.8, 4) is 5.75 Å². The molecule has 9 heteroatoms. The summed E-state index contributed by atoms with van der Waals surface area (Å²) in [5, 5.41) is 13.7. The van der Waals surface area contributed by atoms with Gasteiger partial charge in [-0.05, 0) is 48.9 Å². The quantitative estimate of drug-likeness (QED) is 0.477. The summed E-state index contributed by atoms with van der Waals surface area (Å²) in [6, 6.07) is 13.8. The Morgan fingerprint density at radius 1 is 1.00 bits per heavy atom. The monoisotopic (exact) mass is 413 g/mol. The highest BCUT2D eigenvalue weighted by Crippen LogP contribution is 2.24. The van der Waals surface area contributed by atoms with E-state index in [-0.39, 0.29) is 10.5 Å². The normalized spacial score (nSPS) is 11.0. The highest BCUT2D eigenvalue weighted by atomic mass is 32.2. The van der Waals surface area contributed by atoms with Crippen LogP contribution < -0.4 is 19.5 Å². The van der Waals surface area contributed by atoms with E-state index in [4.69, 9.17) is 4.74 Å². The van der Waals surface area contributed by atoms with Crippen LogP contribution in [0.5, 0.6) is 5.75 Å². The number of pyridine rings is 1. The third-order valence-electron chi connectivity index (χ3n) is 4.14. The van der Waals surface area contributed by atoms with Gasteiger partial charge >= 0.3 is 0 Å². The molecule has 0 atom stereocenters. The molecule has 0 saturated carbocycles. The molecular formula is C20H19N3O5S. The number of methoxy groups -OCH3 is 1. The van der Waals surface area contributed by atoms with Gasteiger partial charge in [0.05, 0.1) is 17.6 Å². The number of hydrogen-bond acceptors (Lipinski definition) is 5. The second kappa shape index (κ2) is 8.19. The lowest BCUT2D eigenvalue weighted by Gasteiger charge is -2.13. The fraction of sp³-hybridized carbons (Fsp3) is 0.100. The van der Waals surface area contributed by atoms with Crippen LogP contribution >= 0.6 is 0 Å². The summed E-state index contributed by atoms with van der Waals surface area (Å²) < 4.78 is 33.8. The van der Waals surface area contributed by atoms with Crippen LogP contribution in [0.4, 0.5) is 11.4 Å². The molecule has 3 aromatic rings. The first-order chi connectivity index (χ1) is 13.8. The van der Waals surface area contributed by atoms with E-state index in [1.165, 1.54) is 37.7 Å². The van der Waals surface area contributed by atoms with Crippen LogP contribution in [0.1, 0.15) is 15.9 Å². The Balaban J connectivity index is 1.83. The second-order valence-electron chi connectivity index (χ2n) is 6.22. The molecular weight excluding hydrogens is 394 g/mol. The van der Waals surface area contributed by atoms with Gasteiger partial charge in [0.2, 0.25) is 0 Å². The van der Waals surface area contributed by atoms with Gasteiger partial charge in [0.1, 0.15) is 5.75 Å². The smallest absolute Gasteiger partial charge is 0.262 e. The number of rotatable bonds is 6. The van der Waals surface area contributed by atoms with E-state index in [0.29, 0.717) is 27.4 Å². The molecule has 1 aromatic heterocycles. The van der Waals surface area contributed by atoms with E-state index in [1.807, 2.05) is 0 Å². The van der Waals surface area contributed by atoms with E-state index in [1.54, 1.807) is 43.3 Å². The molecule has 0 spiro atoms. The van der Waals surface area contributed by atoms with Gasteiger partial charge in [0, 0.05) is 23.5 Å². The number of sulfonamides is 1. The number of aromatic nitrogens is 1. The fourth-order valence-corrected chi connectivity index (χ4v) is 3.93. The number of nitrogens with zero attached hydrogens (tertiary/aromatic N) is 1. The summed E-state index contributed by atoms with van der Waals surface area (Å²) in [6.07, 6.45) is 2.41. The Morgan fingerprint density at radius 2 is 1.62 bits per heavy atom. The maximum Gasteiger partial charge on any atom is 0.262 e. The zero-order valence-electron chi connectivity index (χ0n) is 15.7. The third kappa shape index (κ3) is 4.82. The fourth-order valence-electron chi connectivity index (χ4n) is 2.60. The molecule has 0 aliphatic carbocycles. The van der Waals surface area contributed by atoms with E-state index < -0.39 is 15.9 Å². The van der Waals surface area contributed by atoms with Crippen molar-refractivity contribution in [1.82, 2.24) is 0 Å². The molecule has 0 saturated heterocycles. The molecule has 150 valence electrons. The number of hydrogen-bond donors (Lipinski definition) is 2. The largest absolute Gasteiger partial charge is 0.619 e. The second-order valence-corrected chi connectivity index (χ2v) is 7.87. The van der Waals surface area contributed by atoms with Crippen LogP contribution in [-0.2, 0) is 10.0 Å². The molecule has 8 nitrogen and oxygen atoms in total. The number of carbonyl (C=O) groups excluding carboxylic acids is 1. The average molecular weight is 413 g/mol. The number of ether oxygens (including phenoxy) is 1. The number of anilines is 2. The van der Waals surface area contributed by atoms with Gasteiger partial charge in [-0.2, -0.15) is 4.73 Å². The van der Waals surface area contributed by atoms with Crippen molar-refractivity contribution in [2.24, 2.45) is 0 Å². The lowest BCUT2D eigenvalue weighted by atomic mass is 10.2. The van der Waals surface area contributed by atoms with E-state index >= 15 is 0 Å². The van der Waals surface area contributed by atoms with Crippen LogP contribution in [0, 0.1) is 12.1 Å². The van der Waals surface area contributed by atoms with Crippen molar-refractivity contribution in [1.29, 1.82) is 0 Å². The van der Waals surface area contributed by atoms with Crippen LogP contribution in [0.3, 0.4) is 0 Å². The van der Waals surface area contributed by atoms with Gasteiger partial charge in [-0.1, -0.05) is 6.07 Å². The number of aryl methyl sites for hydroxylation is 1. The lowest BCUT2D eigenvalue weighted by molar-refractivity contribution is -0.605.